The van der Waals surface area contributed by atoms with Crippen LogP contribution in [0.3, 0.4) is 0 Å². The van der Waals surface area contributed by atoms with E-state index in [1.54, 1.807) is 6.33 Å². The van der Waals surface area contributed by atoms with Crippen molar-refractivity contribution in [2.24, 2.45) is 11.7 Å². The summed E-state index contributed by atoms with van der Waals surface area (Å²) < 4.78 is 2.02. The lowest BCUT2D eigenvalue weighted by atomic mass is 10.1. The van der Waals surface area contributed by atoms with E-state index >= 15 is 0 Å². The number of hydrogen-bond acceptors (Lipinski definition) is 4. The van der Waals surface area contributed by atoms with Crippen LogP contribution in [0.5, 0.6) is 0 Å². The van der Waals surface area contributed by atoms with Crippen LogP contribution in [0.15, 0.2) is 6.33 Å². The molecular formula is C12H24ClN5. The molecule has 2 rings (SSSR count). The molecule has 18 heavy (non-hydrogen) atoms. The summed E-state index contributed by atoms with van der Waals surface area (Å²) in [6.45, 7) is 8.32. The zero-order valence-electron chi connectivity index (χ0n) is 11.2. The van der Waals surface area contributed by atoms with Gasteiger partial charge in [-0.3, -0.25) is 4.90 Å². The summed E-state index contributed by atoms with van der Waals surface area (Å²) in [5, 5.41) is 4.29. The van der Waals surface area contributed by atoms with Crippen molar-refractivity contribution in [2.75, 3.05) is 13.1 Å². The number of piperidine rings is 1. The molecule has 5 nitrogen and oxygen atoms in total. The highest BCUT2D eigenvalue weighted by molar-refractivity contribution is 5.85. The normalized spacial score (nSPS) is 21.0. The molecule has 1 aromatic rings. The number of halogens is 1. The fraction of sp³-hybridized carbons (Fsp3) is 0.833. The van der Waals surface area contributed by atoms with Crippen LogP contribution >= 0.6 is 12.4 Å². The number of rotatable bonds is 4. The summed E-state index contributed by atoms with van der Waals surface area (Å²) >= 11 is 0. The standard InChI is InChI=1S/C12H23N5.ClH/c1-10(2)6-17-12(14-9-15-17)8-16-5-3-4-11(13)7-16;/h9-11H,3-8,13H2,1-2H3;1H. The molecule has 1 atom stereocenters. The first-order valence-electron chi connectivity index (χ1n) is 6.49. The molecule has 0 aromatic carbocycles. The van der Waals surface area contributed by atoms with Crippen LogP contribution in [-0.2, 0) is 13.1 Å². The van der Waals surface area contributed by atoms with Crippen LogP contribution in [0.25, 0.3) is 0 Å². The highest BCUT2D eigenvalue weighted by atomic mass is 35.5. The maximum Gasteiger partial charge on any atom is 0.141 e. The third kappa shape index (κ3) is 4.23. The van der Waals surface area contributed by atoms with E-state index in [1.807, 2.05) is 4.68 Å². The van der Waals surface area contributed by atoms with E-state index < -0.39 is 0 Å². The Kier molecular flexibility index (Phi) is 6.05. The van der Waals surface area contributed by atoms with E-state index in [1.165, 1.54) is 6.42 Å². The maximum atomic E-state index is 5.99. The smallest absolute Gasteiger partial charge is 0.141 e. The van der Waals surface area contributed by atoms with Crippen LogP contribution in [0.2, 0.25) is 0 Å². The van der Waals surface area contributed by atoms with Crippen molar-refractivity contribution >= 4 is 12.4 Å². The van der Waals surface area contributed by atoms with Crippen molar-refractivity contribution in [3.8, 4) is 0 Å². The summed E-state index contributed by atoms with van der Waals surface area (Å²) in [5.74, 6) is 1.66. The molecule has 0 radical (unpaired) electrons. The van der Waals surface area contributed by atoms with Crippen molar-refractivity contribution in [3.05, 3.63) is 12.2 Å². The predicted molar refractivity (Wildman–Crippen MR) is 74.6 cm³/mol. The fourth-order valence-electron chi connectivity index (χ4n) is 2.34. The average molecular weight is 274 g/mol. The SMILES string of the molecule is CC(C)Cn1ncnc1CN1CCCC(N)C1.Cl. The molecule has 1 aliphatic heterocycles. The molecule has 6 heteroatoms. The Balaban J connectivity index is 0.00000162. The van der Waals surface area contributed by atoms with Gasteiger partial charge >= 0.3 is 0 Å². The molecule has 1 aromatic heterocycles. The number of likely N-dealkylation sites (tertiary alicyclic amines) is 1. The van der Waals surface area contributed by atoms with Gasteiger partial charge in [0, 0.05) is 19.1 Å². The van der Waals surface area contributed by atoms with E-state index in [4.69, 9.17) is 5.73 Å². The molecule has 0 spiro atoms. The van der Waals surface area contributed by atoms with Gasteiger partial charge in [-0.1, -0.05) is 13.8 Å². The van der Waals surface area contributed by atoms with Crippen molar-refractivity contribution in [1.29, 1.82) is 0 Å². The van der Waals surface area contributed by atoms with E-state index in [0.717, 1.165) is 38.4 Å². The summed E-state index contributed by atoms with van der Waals surface area (Å²) in [6, 6.07) is 0.324. The van der Waals surface area contributed by atoms with Crippen molar-refractivity contribution in [1.82, 2.24) is 19.7 Å². The van der Waals surface area contributed by atoms with Crippen molar-refractivity contribution < 1.29 is 0 Å². The van der Waals surface area contributed by atoms with Gasteiger partial charge in [0.05, 0.1) is 6.54 Å². The molecule has 0 bridgehead atoms. The van der Waals surface area contributed by atoms with E-state index in [-0.39, 0.29) is 12.4 Å². The summed E-state index contributed by atoms with van der Waals surface area (Å²) in [5.41, 5.74) is 5.99. The minimum Gasteiger partial charge on any atom is -0.327 e. The lowest BCUT2D eigenvalue weighted by Gasteiger charge is -2.30. The van der Waals surface area contributed by atoms with Gasteiger partial charge < -0.3 is 5.73 Å². The number of nitrogens with two attached hydrogens (primary N) is 1. The first-order valence-corrected chi connectivity index (χ1v) is 6.49. The van der Waals surface area contributed by atoms with Gasteiger partial charge in [0.15, 0.2) is 0 Å². The lowest BCUT2D eigenvalue weighted by Crippen LogP contribution is -2.42. The quantitative estimate of drug-likeness (QED) is 0.898. The summed E-state index contributed by atoms with van der Waals surface area (Å²) in [4.78, 5) is 6.74. The number of nitrogens with zero attached hydrogens (tertiary/aromatic N) is 4. The third-order valence-corrected chi connectivity index (χ3v) is 3.14. The number of hydrogen-bond donors (Lipinski definition) is 1. The second-order valence-corrected chi connectivity index (χ2v) is 5.39. The second-order valence-electron chi connectivity index (χ2n) is 5.39. The van der Waals surface area contributed by atoms with Gasteiger partial charge in [0.1, 0.15) is 12.2 Å². The molecule has 2 heterocycles. The average Bonchev–Trinajstić information content (AvgIpc) is 2.65. The first-order chi connectivity index (χ1) is 8.15. The summed E-state index contributed by atoms with van der Waals surface area (Å²) in [6.07, 6.45) is 4.00. The van der Waals surface area contributed by atoms with Crippen LogP contribution < -0.4 is 5.73 Å². The maximum absolute atomic E-state index is 5.99. The van der Waals surface area contributed by atoms with Gasteiger partial charge in [-0.2, -0.15) is 5.10 Å². The van der Waals surface area contributed by atoms with Crippen LogP contribution in [-0.4, -0.2) is 38.8 Å². The predicted octanol–water partition coefficient (Wildman–Crippen LogP) is 1.28. The Bertz CT molecular complexity index is 352. The molecular weight excluding hydrogens is 250 g/mol. The van der Waals surface area contributed by atoms with Gasteiger partial charge in [-0.15, -0.1) is 12.4 Å². The molecule has 1 unspecified atom stereocenters. The minimum atomic E-state index is 0. The van der Waals surface area contributed by atoms with Gasteiger partial charge in [-0.05, 0) is 25.3 Å². The summed E-state index contributed by atoms with van der Waals surface area (Å²) in [7, 11) is 0. The van der Waals surface area contributed by atoms with Crippen molar-refractivity contribution in [2.45, 2.75) is 45.8 Å². The Hall–Kier alpha value is -0.650. The van der Waals surface area contributed by atoms with Crippen molar-refractivity contribution in [3.63, 3.8) is 0 Å². The highest BCUT2D eigenvalue weighted by Gasteiger charge is 2.18. The van der Waals surface area contributed by atoms with E-state index in [2.05, 4.69) is 28.8 Å². The molecule has 0 aliphatic carbocycles. The van der Waals surface area contributed by atoms with Crippen LogP contribution in [0.4, 0.5) is 0 Å². The number of aromatic nitrogens is 3. The lowest BCUT2D eigenvalue weighted by molar-refractivity contribution is 0.193. The zero-order valence-corrected chi connectivity index (χ0v) is 12.1. The largest absolute Gasteiger partial charge is 0.327 e. The molecule has 0 saturated carbocycles. The topological polar surface area (TPSA) is 60.0 Å². The van der Waals surface area contributed by atoms with Gasteiger partial charge in [0.2, 0.25) is 0 Å². The Morgan fingerprint density at radius 2 is 2.28 bits per heavy atom. The monoisotopic (exact) mass is 273 g/mol. The van der Waals surface area contributed by atoms with E-state index in [0.29, 0.717) is 12.0 Å². The Labute approximate surface area is 115 Å². The molecule has 1 fully saturated rings. The van der Waals surface area contributed by atoms with E-state index in [9.17, 15) is 0 Å². The molecule has 0 amide bonds. The van der Waals surface area contributed by atoms with Gasteiger partial charge in [0.25, 0.3) is 0 Å². The second kappa shape index (κ2) is 7.07. The van der Waals surface area contributed by atoms with Gasteiger partial charge in [-0.25, -0.2) is 9.67 Å². The van der Waals surface area contributed by atoms with Crippen LogP contribution in [0.1, 0.15) is 32.5 Å². The molecule has 1 saturated heterocycles. The molecule has 1 aliphatic rings. The van der Waals surface area contributed by atoms with Crippen LogP contribution in [0, 0.1) is 5.92 Å². The Morgan fingerprint density at radius 3 is 2.94 bits per heavy atom. The zero-order chi connectivity index (χ0) is 12.3. The minimum absolute atomic E-state index is 0. The third-order valence-electron chi connectivity index (χ3n) is 3.14. The molecule has 104 valence electrons. The fourth-order valence-corrected chi connectivity index (χ4v) is 2.34. The highest BCUT2D eigenvalue weighted by Crippen LogP contribution is 2.11. The Morgan fingerprint density at radius 1 is 1.50 bits per heavy atom. The first kappa shape index (κ1) is 15.4. The molecule has 2 N–H and O–H groups in total.